The molecule has 0 aromatic heterocycles. The second-order valence-corrected chi connectivity index (χ2v) is 3.00. The summed E-state index contributed by atoms with van der Waals surface area (Å²) in [6.07, 6.45) is 0. The van der Waals surface area contributed by atoms with Gasteiger partial charge < -0.3 is 10.1 Å². The largest absolute Gasteiger partial charge is 0.380 e. The lowest BCUT2D eigenvalue weighted by molar-refractivity contribution is 0.127. The topological polar surface area (TPSA) is 45.0 Å². The van der Waals surface area contributed by atoms with Crippen LogP contribution in [0.3, 0.4) is 0 Å². The summed E-state index contributed by atoms with van der Waals surface area (Å²) >= 11 is 0. The van der Waals surface area contributed by atoms with Gasteiger partial charge in [0.2, 0.25) is 0 Å². The van der Waals surface area contributed by atoms with Crippen LogP contribution in [0.15, 0.2) is 0 Å². The summed E-state index contributed by atoms with van der Waals surface area (Å²) in [6.45, 7) is 8.14. The first-order chi connectivity index (χ1) is 5.70. The SMILES string of the molecule is CCOCC(C)NCC(C)C#N. The van der Waals surface area contributed by atoms with Gasteiger partial charge in [0.05, 0.1) is 18.6 Å². The van der Waals surface area contributed by atoms with E-state index in [2.05, 4.69) is 18.3 Å². The minimum Gasteiger partial charge on any atom is -0.380 e. The third-order valence-corrected chi connectivity index (χ3v) is 1.56. The summed E-state index contributed by atoms with van der Waals surface area (Å²) in [7, 11) is 0. The van der Waals surface area contributed by atoms with Crippen LogP contribution < -0.4 is 5.32 Å². The minimum atomic E-state index is 0.0778. The van der Waals surface area contributed by atoms with E-state index in [1.165, 1.54) is 0 Å². The van der Waals surface area contributed by atoms with Crippen LogP contribution in [-0.2, 0) is 4.74 Å². The Morgan fingerprint density at radius 3 is 2.67 bits per heavy atom. The van der Waals surface area contributed by atoms with Gasteiger partial charge in [-0.05, 0) is 20.8 Å². The number of rotatable bonds is 6. The van der Waals surface area contributed by atoms with Crippen molar-refractivity contribution >= 4 is 0 Å². The van der Waals surface area contributed by atoms with Crippen LogP contribution in [0.4, 0.5) is 0 Å². The Balaban J connectivity index is 3.31. The van der Waals surface area contributed by atoms with E-state index in [-0.39, 0.29) is 5.92 Å². The molecule has 0 radical (unpaired) electrons. The predicted octanol–water partition coefficient (Wildman–Crippen LogP) is 1.16. The van der Waals surface area contributed by atoms with Gasteiger partial charge >= 0.3 is 0 Å². The van der Waals surface area contributed by atoms with Crippen molar-refractivity contribution in [3.8, 4) is 6.07 Å². The van der Waals surface area contributed by atoms with Gasteiger partial charge in [-0.1, -0.05) is 0 Å². The van der Waals surface area contributed by atoms with Crippen LogP contribution in [-0.4, -0.2) is 25.8 Å². The lowest BCUT2D eigenvalue weighted by atomic mass is 10.2. The highest BCUT2D eigenvalue weighted by Gasteiger charge is 2.03. The molecule has 70 valence electrons. The molecular weight excluding hydrogens is 152 g/mol. The van der Waals surface area contributed by atoms with Crippen LogP contribution >= 0.6 is 0 Å². The second kappa shape index (κ2) is 7.08. The summed E-state index contributed by atoms with van der Waals surface area (Å²) in [5.41, 5.74) is 0. The molecule has 0 aliphatic carbocycles. The van der Waals surface area contributed by atoms with Crippen molar-refractivity contribution in [3.05, 3.63) is 0 Å². The van der Waals surface area contributed by atoms with Crippen molar-refractivity contribution in [2.24, 2.45) is 5.92 Å². The van der Waals surface area contributed by atoms with Gasteiger partial charge in [0.15, 0.2) is 0 Å². The predicted molar refractivity (Wildman–Crippen MR) is 48.7 cm³/mol. The standard InChI is InChI=1S/C9H18N2O/c1-4-12-7-9(3)11-6-8(2)5-10/h8-9,11H,4,6-7H2,1-3H3. The summed E-state index contributed by atoms with van der Waals surface area (Å²) in [5.74, 6) is 0.0778. The van der Waals surface area contributed by atoms with Gasteiger partial charge in [-0.15, -0.1) is 0 Å². The Kier molecular flexibility index (Phi) is 6.73. The molecule has 0 aromatic rings. The highest BCUT2D eigenvalue weighted by Crippen LogP contribution is 1.90. The van der Waals surface area contributed by atoms with Crippen molar-refractivity contribution in [2.45, 2.75) is 26.8 Å². The van der Waals surface area contributed by atoms with Gasteiger partial charge in [-0.25, -0.2) is 0 Å². The molecule has 2 unspecified atom stereocenters. The summed E-state index contributed by atoms with van der Waals surface area (Å²) in [6, 6.07) is 2.51. The Morgan fingerprint density at radius 1 is 1.50 bits per heavy atom. The fourth-order valence-electron chi connectivity index (χ4n) is 0.777. The Hall–Kier alpha value is -0.590. The van der Waals surface area contributed by atoms with E-state index in [1.54, 1.807) is 0 Å². The van der Waals surface area contributed by atoms with Crippen molar-refractivity contribution in [1.29, 1.82) is 5.26 Å². The molecule has 0 saturated carbocycles. The summed E-state index contributed by atoms with van der Waals surface area (Å²) < 4.78 is 5.22. The number of nitriles is 1. The average Bonchev–Trinajstić information content (AvgIpc) is 2.10. The number of hydrogen-bond donors (Lipinski definition) is 1. The van der Waals surface area contributed by atoms with Gasteiger partial charge in [-0.3, -0.25) is 0 Å². The lowest BCUT2D eigenvalue weighted by Crippen LogP contribution is -2.33. The zero-order chi connectivity index (χ0) is 9.40. The molecule has 1 N–H and O–H groups in total. The van der Waals surface area contributed by atoms with Crippen LogP contribution in [0.2, 0.25) is 0 Å². The fourth-order valence-corrected chi connectivity index (χ4v) is 0.777. The summed E-state index contributed by atoms with van der Waals surface area (Å²) in [5, 5.41) is 11.7. The van der Waals surface area contributed by atoms with Gasteiger partial charge in [0.25, 0.3) is 0 Å². The molecule has 12 heavy (non-hydrogen) atoms. The highest BCUT2D eigenvalue weighted by atomic mass is 16.5. The van der Waals surface area contributed by atoms with Crippen molar-refractivity contribution < 1.29 is 4.74 Å². The quantitative estimate of drug-likeness (QED) is 0.650. The second-order valence-electron chi connectivity index (χ2n) is 3.00. The molecule has 0 aliphatic heterocycles. The molecule has 0 rings (SSSR count). The molecule has 2 atom stereocenters. The Bertz CT molecular complexity index is 142. The van der Waals surface area contributed by atoms with E-state index in [4.69, 9.17) is 10.00 Å². The van der Waals surface area contributed by atoms with E-state index in [9.17, 15) is 0 Å². The Labute approximate surface area is 74.7 Å². The van der Waals surface area contributed by atoms with Gasteiger partial charge in [0.1, 0.15) is 0 Å². The molecule has 0 saturated heterocycles. The maximum Gasteiger partial charge on any atom is 0.0666 e. The van der Waals surface area contributed by atoms with Gasteiger partial charge in [0, 0.05) is 19.2 Å². The molecule has 0 fully saturated rings. The smallest absolute Gasteiger partial charge is 0.0666 e. The third kappa shape index (κ3) is 6.14. The molecule has 0 heterocycles. The molecular formula is C9H18N2O. The first kappa shape index (κ1) is 11.4. The molecule has 0 aliphatic rings. The molecule has 0 aromatic carbocycles. The van der Waals surface area contributed by atoms with E-state index in [1.807, 2.05) is 13.8 Å². The number of nitrogens with zero attached hydrogens (tertiary/aromatic N) is 1. The molecule has 3 nitrogen and oxygen atoms in total. The van der Waals surface area contributed by atoms with Crippen molar-refractivity contribution in [2.75, 3.05) is 19.8 Å². The Morgan fingerprint density at radius 2 is 2.17 bits per heavy atom. The van der Waals surface area contributed by atoms with E-state index >= 15 is 0 Å². The molecule has 3 heteroatoms. The third-order valence-electron chi connectivity index (χ3n) is 1.56. The minimum absolute atomic E-state index is 0.0778. The first-order valence-corrected chi connectivity index (χ1v) is 4.41. The first-order valence-electron chi connectivity index (χ1n) is 4.41. The zero-order valence-electron chi connectivity index (χ0n) is 8.13. The zero-order valence-corrected chi connectivity index (χ0v) is 8.13. The number of ether oxygens (including phenoxy) is 1. The van der Waals surface area contributed by atoms with Crippen LogP contribution in [0, 0.1) is 17.2 Å². The van der Waals surface area contributed by atoms with Crippen molar-refractivity contribution in [1.82, 2.24) is 5.32 Å². The fraction of sp³-hybridized carbons (Fsp3) is 0.889. The van der Waals surface area contributed by atoms with Crippen LogP contribution in [0.1, 0.15) is 20.8 Å². The van der Waals surface area contributed by atoms with E-state index in [0.29, 0.717) is 12.6 Å². The molecule has 0 amide bonds. The number of nitrogens with one attached hydrogen (secondary N) is 1. The summed E-state index contributed by atoms with van der Waals surface area (Å²) in [4.78, 5) is 0. The monoisotopic (exact) mass is 170 g/mol. The van der Waals surface area contributed by atoms with Crippen molar-refractivity contribution in [3.63, 3.8) is 0 Å². The van der Waals surface area contributed by atoms with E-state index in [0.717, 1.165) is 13.2 Å². The number of hydrogen-bond acceptors (Lipinski definition) is 3. The van der Waals surface area contributed by atoms with Crippen LogP contribution in [0.25, 0.3) is 0 Å². The lowest BCUT2D eigenvalue weighted by Gasteiger charge is -2.13. The molecule has 0 spiro atoms. The molecule has 0 bridgehead atoms. The van der Waals surface area contributed by atoms with E-state index < -0.39 is 0 Å². The average molecular weight is 170 g/mol. The normalized spacial score (nSPS) is 15.2. The van der Waals surface area contributed by atoms with Gasteiger partial charge in [-0.2, -0.15) is 5.26 Å². The van der Waals surface area contributed by atoms with Crippen LogP contribution in [0.5, 0.6) is 0 Å². The highest BCUT2D eigenvalue weighted by molar-refractivity contribution is 4.80. The maximum absolute atomic E-state index is 8.50. The maximum atomic E-state index is 8.50.